The van der Waals surface area contributed by atoms with E-state index in [1.807, 2.05) is 45.1 Å². The lowest BCUT2D eigenvalue weighted by Crippen LogP contribution is -2.39. The Labute approximate surface area is 175 Å². The number of carbonyl (C=O) groups excluding carboxylic acids is 1. The minimum absolute atomic E-state index is 0.0452. The van der Waals surface area contributed by atoms with Crippen LogP contribution in [0.4, 0.5) is 5.82 Å². The third-order valence-electron chi connectivity index (χ3n) is 4.57. The number of anilines is 1. The summed E-state index contributed by atoms with van der Waals surface area (Å²) in [5, 5.41) is 8.62. The van der Waals surface area contributed by atoms with Gasteiger partial charge >= 0.3 is 5.97 Å². The molecule has 2 heterocycles. The second kappa shape index (κ2) is 8.58. The highest BCUT2D eigenvalue weighted by atomic mass is 35.5. The van der Waals surface area contributed by atoms with Crippen LogP contribution in [0.25, 0.3) is 12.2 Å². The van der Waals surface area contributed by atoms with Crippen molar-refractivity contribution >= 4 is 47.1 Å². The molecule has 0 spiro atoms. The Kier molecular flexibility index (Phi) is 6.36. The minimum Gasteiger partial charge on any atom is -0.460 e. The number of benzene rings is 1. The van der Waals surface area contributed by atoms with Crippen LogP contribution in [0.15, 0.2) is 24.3 Å². The first-order chi connectivity index (χ1) is 13.2. The summed E-state index contributed by atoms with van der Waals surface area (Å²) in [7, 11) is 0. The number of ether oxygens (including phenoxy) is 1. The van der Waals surface area contributed by atoms with Gasteiger partial charge in [0.2, 0.25) is 0 Å². The van der Waals surface area contributed by atoms with Gasteiger partial charge in [-0.2, -0.15) is 5.10 Å². The molecule has 1 aliphatic heterocycles. The van der Waals surface area contributed by atoms with Crippen molar-refractivity contribution in [3.8, 4) is 0 Å². The topological polar surface area (TPSA) is 58.2 Å². The van der Waals surface area contributed by atoms with E-state index < -0.39 is 5.60 Å². The van der Waals surface area contributed by atoms with Crippen LogP contribution in [-0.4, -0.2) is 34.9 Å². The van der Waals surface area contributed by atoms with Gasteiger partial charge in [-0.15, -0.1) is 0 Å². The normalized spacial score (nSPS) is 16.0. The molecule has 0 saturated carbocycles. The number of carbonyl (C=O) groups is 1. The highest BCUT2D eigenvalue weighted by molar-refractivity contribution is 6.37. The van der Waals surface area contributed by atoms with Gasteiger partial charge in [-0.05, 0) is 57.9 Å². The van der Waals surface area contributed by atoms with Crippen molar-refractivity contribution in [2.24, 2.45) is 5.92 Å². The van der Waals surface area contributed by atoms with Crippen LogP contribution in [-0.2, 0) is 9.53 Å². The molecule has 0 aliphatic carbocycles. The molecule has 0 atom stereocenters. The Morgan fingerprint density at radius 1 is 1.21 bits per heavy atom. The molecule has 0 radical (unpaired) electrons. The maximum Gasteiger partial charge on any atom is 0.309 e. The molecule has 2 aromatic rings. The largest absolute Gasteiger partial charge is 0.460 e. The number of aromatic amines is 1. The van der Waals surface area contributed by atoms with Crippen molar-refractivity contribution in [3.63, 3.8) is 0 Å². The predicted molar refractivity (Wildman–Crippen MR) is 115 cm³/mol. The van der Waals surface area contributed by atoms with Crippen LogP contribution >= 0.6 is 23.2 Å². The molecule has 5 nitrogen and oxygen atoms in total. The lowest BCUT2D eigenvalue weighted by Gasteiger charge is -2.32. The van der Waals surface area contributed by atoms with Crippen LogP contribution in [0.2, 0.25) is 10.0 Å². The van der Waals surface area contributed by atoms with E-state index in [9.17, 15) is 4.79 Å². The number of nitrogens with one attached hydrogen (secondary N) is 1. The zero-order chi connectivity index (χ0) is 20.3. The second-order valence-corrected chi connectivity index (χ2v) is 8.76. The van der Waals surface area contributed by atoms with Crippen molar-refractivity contribution < 1.29 is 9.53 Å². The number of H-pyrrole nitrogens is 1. The van der Waals surface area contributed by atoms with Crippen LogP contribution in [0.1, 0.15) is 44.9 Å². The number of halogens is 2. The number of nitrogens with zero attached hydrogens (tertiary/aromatic N) is 2. The lowest BCUT2D eigenvalue weighted by molar-refractivity contribution is -0.160. The van der Waals surface area contributed by atoms with E-state index >= 15 is 0 Å². The molecule has 1 aromatic heterocycles. The number of piperidine rings is 1. The highest BCUT2D eigenvalue weighted by Gasteiger charge is 2.29. The summed E-state index contributed by atoms with van der Waals surface area (Å²) >= 11 is 12.4. The smallest absolute Gasteiger partial charge is 0.309 e. The summed E-state index contributed by atoms with van der Waals surface area (Å²) in [4.78, 5) is 14.4. The minimum atomic E-state index is -0.442. The first-order valence-electron chi connectivity index (χ1n) is 9.38. The van der Waals surface area contributed by atoms with Gasteiger partial charge in [0.05, 0.1) is 11.6 Å². The Balaban J connectivity index is 1.60. The van der Waals surface area contributed by atoms with E-state index in [0.717, 1.165) is 43.0 Å². The maximum atomic E-state index is 12.2. The van der Waals surface area contributed by atoms with Gasteiger partial charge in [0, 0.05) is 34.8 Å². The second-order valence-electron chi connectivity index (χ2n) is 7.94. The van der Waals surface area contributed by atoms with E-state index in [-0.39, 0.29) is 11.9 Å². The van der Waals surface area contributed by atoms with Crippen LogP contribution in [0.5, 0.6) is 0 Å². The molecule has 1 saturated heterocycles. The van der Waals surface area contributed by atoms with E-state index in [0.29, 0.717) is 10.0 Å². The average Bonchev–Trinajstić information content (AvgIpc) is 3.09. The summed E-state index contributed by atoms with van der Waals surface area (Å²) in [6, 6.07) is 7.41. The highest BCUT2D eigenvalue weighted by Crippen LogP contribution is 2.27. The molecular formula is C21H25Cl2N3O2. The van der Waals surface area contributed by atoms with Gasteiger partial charge < -0.3 is 9.64 Å². The average molecular weight is 422 g/mol. The maximum absolute atomic E-state index is 12.2. The predicted octanol–water partition coefficient (Wildman–Crippen LogP) is 5.45. The van der Waals surface area contributed by atoms with Gasteiger partial charge in [0.25, 0.3) is 0 Å². The summed E-state index contributed by atoms with van der Waals surface area (Å²) in [6.45, 7) is 7.24. The Morgan fingerprint density at radius 2 is 1.86 bits per heavy atom. The van der Waals surface area contributed by atoms with E-state index in [4.69, 9.17) is 27.9 Å². The molecule has 0 amide bonds. The Morgan fingerprint density at radius 3 is 2.46 bits per heavy atom. The van der Waals surface area contributed by atoms with E-state index in [1.54, 1.807) is 12.1 Å². The quantitative estimate of drug-likeness (QED) is 0.667. The molecule has 1 fully saturated rings. The van der Waals surface area contributed by atoms with Gasteiger partial charge in [-0.3, -0.25) is 9.89 Å². The monoisotopic (exact) mass is 421 g/mol. The summed E-state index contributed by atoms with van der Waals surface area (Å²) in [5.41, 5.74) is 1.20. The first kappa shape index (κ1) is 20.7. The summed E-state index contributed by atoms with van der Waals surface area (Å²) in [6.07, 6.45) is 5.30. The number of aromatic nitrogens is 2. The van der Waals surface area contributed by atoms with Crippen molar-refractivity contribution in [3.05, 3.63) is 45.6 Å². The van der Waals surface area contributed by atoms with Crippen molar-refractivity contribution in [2.75, 3.05) is 18.0 Å². The van der Waals surface area contributed by atoms with Crippen LogP contribution < -0.4 is 4.90 Å². The van der Waals surface area contributed by atoms with Crippen molar-refractivity contribution in [1.82, 2.24) is 10.2 Å². The van der Waals surface area contributed by atoms with Gasteiger partial charge in [-0.1, -0.05) is 29.3 Å². The molecule has 0 unspecified atom stereocenters. The molecule has 1 aliphatic rings. The zero-order valence-electron chi connectivity index (χ0n) is 16.3. The van der Waals surface area contributed by atoms with Crippen LogP contribution in [0.3, 0.4) is 0 Å². The van der Waals surface area contributed by atoms with Gasteiger partial charge in [-0.25, -0.2) is 0 Å². The number of hydrogen-bond donors (Lipinski definition) is 1. The molecule has 1 N–H and O–H groups in total. The molecule has 28 heavy (non-hydrogen) atoms. The van der Waals surface area contributed by atoms with Gasteiger partial charge in [0.1, 0.15) is 5.60 Å². The molecular weight excluding hydrogens is 397 g/mol. The number of esters is 1. The van der Waals surface area contributed by atoms with Gasteiger partial charge in [0.15, 0.2) is 5.82 Å². The third kappa shape index (κ3) is 5.30. The lowest BCUT2D eigenvalue weighted by atomic mass is 9.96. The fraction of sp³-hybridized carbons (Fsp3) is 0.429. The van der Waals surface area contributed by atoms with E-state index in [2.05, 4.69) is 15.1 Å². The molecule has 0 bridgehead atoms. The van der Waals surface area contributed by atoms with Crippen molar-refractivity contribution in [2.45, 2.75) is 39.2 Å². The Hall–Kier alpha value is -1.98. The summed E-state index contributed by atoms with van der Waals surface area (Å²) in [5.74, 6) is 0.720. The standard InChI is InChI=1S/C21H25Cl2N3O2/c1-21(2,3)28-20(27)14-9-11-26(12-10-14)19-13-15(24-25-19)7-8-16-17(22)5-4-6-18(16)23/h4-8,13-14H,9-12H2,1-3H3,(H,24,25)/b8-7+. The number of rotatable bonds is 4. The molecule has 150 valence electrons. The fourth-order valence-corrected chi connectivity index (χ4v) is 3.67. The first-order valence-corrected chi connectivity index (χ1v) is 10.1. The molecule has 1 aromatic carbocycles. The zero-order valence-corrected chi connectivity index (χ0v) is 17.8. The third-order valence-corrected chi connectivity index (χ3v) is 5.23. The molecule has 3 rings (SSSR count). The fourth-order valence-electron chi connectivity index (χ4n) is 3.15. The Bertz CT molecular complexity index is 843. The SMILES string of the molecule is CC(C)(C)OC(=O)C1CCN(c2cc(/C=C/c3c(Cl)cccc3Cl)[nH]n2)CC1. The number of hydrogen-bond acceptors (Lipinski definition) is 4. The van der Waals surface area contributed by atoms with Crippen LogP contribution in [0, 0.1) is 5.92 Å². The van der Waals surface area contributed by atoms with E-state index in [1.165, 1.54) is 0 Å². The summed E-state index contributed by atoms with van der Waals surface area (Å²) < 4.78 is 5.51. The van der Waals surface area contributed by atoms with Crippen molar-refractivity contribution in [1.29, 1.82) is 0 Å². The molecule has 7 heteroatoms.